The van der Waals surface area contributed by atoms with Crippen molar-refractivity contribution in [3.8, 4) is 0 Å². The highest BCUT2D eigenvalue weighted by Gasteiger charge is 2.04. The maximum atomic E-state index is 10.7. The van der Waals surface area contributed by atoms with E-state index in [-0.39, 0.29) is 0 Å². The van der Waals surface area contributed by atoms with E-state index >= 15 is 0 Å². The number of carbonyl (C=O) groups is 1. The summed E-state index contributed by atoms with van der Waals surface area (Å²) >= 11 is 0. The van der Waals surface area contributed by atoms with Crippen LogP contribution in [-0.4, -0.2) is 6.29 Å². The molecule has 0 fully saturated rings. The molecule has 1 heteroatoms. The molecule has 0 radical (unpaired) electrons. The SMILES string of the molecule is C=CCCCCCCCCC(C=O)CCC. The molecular formula is C15H28O. The molecular weight excluding hydrogens is 196 g/mol. The van der Waals surface area contributed by atoms with Crippen molar-refractivity contribution in [3.05, 3.63) is 12.7 Å². The van der Waals surface area contributed by atoms with Gasteiger partial charge < -0.3 is 4.79 Å². The molecule has 0 amide bonds. The Morgan fingerprint density at radius 3 is 2.19 bits per heavy atom. The minimum absolute atomic E-state index is 0.325. The third-order valence-electron chi connectivity index (χ3n) is 3.09. The van der Waals surface area contributed by atoms with Gasteiger partial charge in [-0.2, -0.15) is 0 Å². The van der Waals surface area contributed by atoms with E-state index in [0.717, 1.165) is 32.0 Å². The molecule has 94 valence electrons. The Balaban J connectivity index is 3.18. The van der Waals surface area contributed by atoms with Crippen LogP contribution < -0.4 is 0 Å². The summed E-state index contributed by atoms with van der Waals surface area (Å²) < 4.78 is 0. The predicted molar refractivity (Wildman–Crippen MR) is 71.6 cm³/mol. The fraction of sp³-hybridized carbons (Fsp3) is 0.800. The van der Waals surface area contributed by atoms with Crippen LogP contribution in [0.25, 0.3) is 0 Å². The predicted octanol–water partition coefficient (Wildman–Crippen LogP) is 4.91. The third-order valence-corrected chi connectivity index (χ3v) is 3.09. The van der Waals surface area contributed by atoms with E-state index in [9.17, 15) is 4.79 Å². The van der Waals surface area contributed by atoms with Gasteiger partial charge in [0.1, 0.15) is 6.29 Å². The third kappa shape index (κ3) is 9.95. The Bertz CT molecular complexity index is 163. The van der Waals surface area contributed by atoms with Gasteiger partial charge in [-0.25, -0.2) is 0 Å². The smallest absolute Gasteiger partial charge is 0.123 e. The van der Waals surface area contributed by atoms with Crippen LogP contribution in [0.5, 0.6) is 0 Å². The largest absolute Gasteiger partial charge is 0.303 e. The number of hydrogen-bond acceptors (Lipinski definition) is 1. The fourth-order valence-electron chi connectivity index (χ4n) is 2.05. The normalized spacial score (nSPS) is 12.3. The zero-order valence-electron chi connectivity index (χ0n) is 10.9. The lowest BCUT2D eigenvalue weighted by Crippen LogP contribution is -2.01. The Hall–Kier alpha value is -0.590. The Morgan fingerprint density at radius 1 is 1.00 bits per heavy atom. The van der Waals surface area contributed by atoms with Gasteiger partial charge >= 0.3 is 0 Å². The summed E-state index contributed by atoms with van der Waals surface area (Å²) in [6.07, 6.45) is 15.4. The zero-order chi connectivity index (χ0) is 12.1. The lowest BCUT2D eigenvalue weighted by Gasteiger charge is -2.07. The first-order valence-corrected chi connectivity index (χ1v) is 6.91. The van der Waals surface area contributed by atoms with Crippen molar-refractivity contribution in [1.29, 1.82) is 0 Å². The van der Waals surface area contributed by atoms with Crippen LogP contribution in [0.15, 0.2) is 12.7 Å². The molecule has 0 aromatic carbocycles. The van der Waals surface area contributed by atoms with E-state index in [1.165, 1.54) is 38.5 Å². The topological polar surface area (TPSA) is 17.1 Å². The maximum absolute atomic E-state index is 10.7. The first-order valence-electron chi connectivity index (χ1n) is 6.91. The van der Waals surface area contributed by atoms with Crippen LogP contribution in [0.2, 0.25) is 0 Å². The van der Waals surface area contributed by atoms with Crippen molar-refractivity contribution in [2.45, 2.75) is 71.1 Å². The van der Waals surface area contributed by atoms with Crippen molar-refractivity contribution in [2.24, 2.45) is 5.92 Å². The number of aldehydes is 1. The van der Waals surface area contributed by atoms with Gasteiger partial charge in [0.25, 0.3) is 0 Å². The van der Waals surface area contributed by atoms with Gasteiger partial charge in [-0.1, -0.05) is 51.5 Å². The summed E-state index contributed by atoms with van der Waals surface area (Å²) in [5, 5.41) is 0. The summed E-state index contributed by atoms with van der Waals surface area (Å²) in [4.78, 5) is 10.7. The van der Waals surface area contributed by atoms with Gasteiger partial charge in [-0.15, -0.1) is 6.58 Å². The molecule has 0 aliphatic carbocycles. The number of rotatable bonds is 12. The van der Waals surface area contributed by atoms with E-state index in [4.69, 9.17) is 0 Å². The van der Waals surface area contributed by atoms with Gasteiger partial charge in [0.15, 0.2) is 0 Å². The molecule has 1 atom stereocenters. The first kappa shape index (κ1) is 15.4. The molecule has 1 unspecified atom stereocenters. The highest BCUT2D eigenvalue weighted by Crippen LogP contribution is 2.15. The van der Waals surface area contributed by atoms with Crippen molar-refractivity contribution >= 4 is 6.29 Å². The molecule has 0 rings (SSSR count). The monoisotopic (exact) mass is 224 g/mol. The van der Waals surface area contributed by atoms with Crippen LogP contribution >= 0.6 is 0 Å². The highest BCUT2D eigenvalue weighted by molar-refractivity contribution is 5.53. The molecule has 0 aromatic heterocycles. The number of carbonyl (C=O) groups excluding carboxylic acids is 1. The second-order valence-electron chi connectivity index (χ2n) is 4.67. The number of unbranched alkanes of at least 4 members (excludes halogenated alkanes) is 6. The van der Waals surface area contributed by atoms with Crippen LogP contribution in [0, 0.1) is 5.92 Å². The van der Waals surface area contributed by atoms with E-state index in [2.05, 4.69) is 13.5 Å². The van der Waals surface area contributed by atoms with Crippen molar-refractivity contribution < 1.29 is 4.79 Å². The average molecular weight is 224 g/mol. The molecule has 0 N–H and O–H groups in total. The lowest BCUT2D eigenvalue weighted by atomic mass is 9.97. The second kappa shape index (κ2) is 12.5. The maximum Gasteiger partial charge on any atom is 0.123 e. The number of hydrogen-bond donors (Lipinski definition) is 0. The molecule has 0 bridgehead atoms. The second-order valence-corrected chi connectivity index (χ2v) is 4.67. The lowest BCUT2D eigenvalue weighted by molar-refractivity contribution is -0.111. The van der Waals surface area contributed by atoms with Gasteiger partial charge in [-0.3, -0.25) is 0 Å². The standard InChI is InChI=1S/C15H28O/c1-3-5-6-7-8-9-10-11-13-15(14-16)12-4-2/h3,14-15H,1,4-13H2,2H3. The van der Waals surface area contributed by atoms with Crippen molar-refractivity contribution in [1.82, 2.24) is 0 Å². The molecule has 0 aromatic rings. The molecule has 1 nitrogen and oxygen atoms in total. The van der Waals surface area contributed by atoms with Gasteiger partial charge in [0.2, 0.25) is 0 Å². The summed E-state index contributed by atoms with van der Waals surface area (Å²) in [5.74, 6) is 0.325. The highest BCUT2D eigenvalue weighted by atomic mass is 16.1. The Kier molecular flexibility index (Phi) is 12.0. The van der Waals surface area contributed by atoms with Crippen LogP contribution in [0.3, 0.4) is 0 Å². The molecule has 0 aliphatic heterocycles. The van der Waals surface area contributed by atoms with E-state index in [1.54, 1.807) is 0 Å². The molecule has 16 heavy (non-hydrogen) atoms. The van der Waals surface area contributed by atoms with Gasteiger partial charge in [-0.05, 0) is 25.7 Å². The van der Waals surface area contributed by atoms with E-state index < -0.39 is 0 Å². The molecule has 0 saturated carbocycles. The van der Waals surface area contributed by atoms with E-state index in [1.807, 2.05) is 6.08 Å². The summed E-state index contributed by atoms with van der Waals surface area (Å²) in [5.41, 5.74) is 0. The number of allylic oxidation sites excluding steroid dienone is 1. The van der Waals surface area contributed by atoms with Crippen LogP contribution in [0.4, 0.5) is 0 Å². The van der Waals surface area contributed by atoms with Crippen molar-refractivity contribution in [3.63, 3.8) is 0 Å². The summed E-state index contributed by atoms with van der Waals surface area (Å²) in [7, 11) is 0. The molecule has 0 heterocycles. The van der Waals surface area contributed by atoms with E-state index in [0.29, 0.717) is 5.92 Å². The van der Waals surface area contributed by atoms with Gasteiger partial charge in [0.05, 0.1) is 0 Å². The van der Waals surface area contributed by atoms with Crippen molar-refractivity contribution in [2.75, 3.05) is 0 Å². The average Bonchev–Trinajstić information content (AvgIpc) is 2.31. The van der Waals surface area contributed by atoms with Crippen LogP contribution in [0.1, 0.15) is 71.1 Å². The Labute approximate surface area is 101 Å². The van der Waals surface area contributed by atoms with Crippen LogP contribution in [-0.2, 0) is 4.79 Å². The van der Waals surface area contributed by atoms with Gasteiger partial charge in [0, 0.05) is 5.92 Å². The zero-order valence-corrected chi connectivity index (χ0v) is 10.9. The Morgan fingerprint density at radius 2 is 1.62 bits per heavy atom. The quantitative estimate of drug-likeness (QED) is 0.261. The summed E-state index contributed by atoms with van der Waals surface area (Å²) in [6.45, 7) is 5.87. The fourth-order valence-corrected chi connectivity index (χ4v) is 2.05. The molecule has 0 saturated heterocycles. The molecule has 0 aliphatic rings. The summed E-state index contributed by atoms with van der Waals surface area (Å²) in [6, 6.07) is 0. The first-order chi connectivity index (χ1) is 7.85. The molecule has 0 spiro atoms. The minimum atomic E-state index is 0.325. The minimum Gasteiger partial charge on any atom is -0.303 e.